The highest BCUT2D eigenvalue weighted by Gasteiger charge is 2.09. The van der Waals surface area contributed by atoms with E-state index in [9.17, 15) is 0 Å². The van der Waals surface area contributed by atoms with Gasteiger partial charge in [0, 0.05) is 50.3 Å². The Bertz CT molecular complexity index is 1160. The Morgan fingerprint density at radius 1 is 0.810 bits per heavy atom. The third kappa shape index (κ3) is 16.0. The van der Waals surface area contributed by atoms with Gasteiger partial charge in [-0.15, -0.1) is 0 Å². The lowest BCUT2D eigenvalue weighted by atomic mass is 10.1. The second-order valence-electron chi connectivity index (χ2n) is 9.30. The molecule has 1 heterocycles. The van der Waals surface area contributed by atoms with Crippen LogP contribution >= 0.6 is 90.4 Å². The Labute approximate surface area is 299 Å². The van der Waals surface area contributed by atoms with Gasteiger partial charge in [0.05, 0.1) is 13.2 Å². The van der Waals surface area contributed by atoms with Crippen LogP contribution in [0.5, 0.6) is 0 Å². The lowest BCUT2D eigenvalue weighted by molar-refractivity contribution is 0.0410. The molecular weight excluding hydrogens is 747 g/mol. The molecule has 1 aliphatic heterocycles. The van der Waals surface area contributed by atoms with Crippen LogP contribution in [-0.2, 0) is 39.7 Å². The molecule has 1 unspecified atom stereocenters. The number of hydrogen-bond acceptors (Lipinski definition) is 7. The van der Waals surface area contributed by atoms with E-state index in [4.69, 9.17) is 8.60 Å². The van der Waals surface area contributed by atoms with Gasteiger partial charge in [0.2, 0.25) is 0 Å². The van der Waals surface area contributed by atoms with Crippen molar-refractivity contribution in [1.29, 1.82) is 1.12 Å². The zero-order valence-corrected chi connectivity index (χ0v) is 31.4. The Hall–Kier alpha value is 0.290. The number of alkyl halides is 2. The van der Waals surface area contributed by atoms with Crippen LogP contribution < -0.4 is 0 Å². The van der Waals surface area contributed by atoms with E-state index >= 15 is 0 Å². The molecule has 0 N–H and O–H groups in total. The Morgan fingerprint density at radius 2 is 1.36 bits per heavy atom. The van der Waals surface area contributed by atoms with Crippen molar-refractivity contribution in [3.05, 3.63) is 106 Å². The number of thioether (sulfide) groups is 1. The molecule has 0 spiro atoms. The molecule has 4 rings (SSSR count). The first-order valence-corrected chi connectivity index (χ1v) is 20.9. The van der Waals surface area contributed by atoms with Crippen LogP contribution in [-0.4, -0.2) is 62.3 Å². The minimum atomic E-state index is -0.350. The van der Waals surface area contributed by atoms with Crippen LogP contribution in [0, 0.1) is 0 Å². The molecular formula is C33H45Br2NOS5. The van der Waals surface area contributed by atoms with Crippen molar-refractivity contribution in [3.8, 4) is 0 Å². The Balaban J connectivity index is 0.000000254. The van der Waals surface area contributed by atoms with Gasteiger partial charge in [0.25, 0.3) is 0 Å². The highest BCUT2D eigenvalue weighted by Crippen LogP contribution is 2.27. The minimum absolute atomic E-state index is 0.350. The minimum Gasteiger partial charge on any atom is -0.379 e. The van der Waals surface area contributed by atoms with Crippen LogP contribution in [0.15, 0.2) is 72.8 Å². The molecule has 42 heavy (non-hydrogen) atoms. The fourth-order valence-electron chi connectivity index (χ4n) is 4.13. The normalized spacial score (nSPS) is 14.8. The predicted octanol–water partition coefficient (Wildman–Crippen LogP) is 9.87. The lowest BCUT2D eigenvalue weighted by Gasteiger charge is -2.26. The molecule has 3 aromatic rings. The van der Waals surface area contributed by atoms with E-state index in [1.54, 1.807) is 11.8 Å². The summed E-state index contributed by atoms with van der Waals surface area (Å²) >= 11 is 13.7. The number of benzene rings is 3. The number of morpholine rings is 1. The summed E-state index contributed by atoms with van der Waals surface area (Å²) in [5, 5.41) is 1.88. The van der Waals surface area contributed by atoms with Crippen LogP contribution in [0.4, 0.5) is 0 Å². The van der Waals surface area contributed by atoms with Crippen LogP contribution in [0.3, 0.4) is 0 Å². The van der Waals surface area contributed by atoms with Crippen molar-refractivity contribution in [1.82, 2.24) is 4.90 Å². The van der Waals surface area contributed by atoms with Gasteiger partial charge in [-0.05, 0) is 63.9 Å². The zero-order valence-electron chi connectivity index (χ0n) is 27.1. The molecule has 3 aromatic carbocycles. The number of halogens is 2. The number of aryl methyl sites for hydroxylation is 2. The van der Waals surface area contributed by atoms with Crippen molar-refractivity contribution < 1.29 is 7.48 Å². The van der Waals surface area contributed by atoms with E-state index < -0.39 is 0 Å². The van der Waals surface area contributed by atoms with Crippen molar-refractivity contribution in [2.45, 2.75) is 35.0 Å². The summed E-state index contributed by atoms with van der Waals surface area (Å²) in [6.45, 7) is 5.11. The van der Waals surface area contributed by atoms with E-state index in [2.05, 4.69) is 104 Å². The first kappa shape index (κ1) is 33.6. The molecule has 1 fully saturated rings. The summed E-state index contributed by atoms with van der Waals surface area (Å²) in [5.41, 5.74) is 7.62. The maximum absolute atomic E-state index is 7.41. The standard InChI is InChI=1S/C15H23NOS3.C10H14S2.C8H8Br2/c18-11-5-14-3-1-2-4-15(14)13-20-19-12-8-16-6-9-17-10-7-16;1-12-8-10-5-3-2-4-9(10)6-7-11;9-5-7-3-1-2-4-8(7)6-10/h1-4,18H,5-13H2;2-5,11H,6-8H2,1H3;1-4H,5-6H2/i;1T,7T;/hT. The van der Waals surface area contributed by atoms with E-state index in [1.165, 1.54) is 51.7 Å². The first-order chi connectivity index (χ1) is 22.0. The average molecular weight is 798 g/mol. The van der Waals surface area contributed by atoms with Crippen LogP contribution in [0.25, 0.3) is 0 Å². The van der Waals surface area contributed by atoms with Gasteiger partial charge in [-0.2, -0.15) is 36.9 Å². The van der Waals surface area contributed by atoms with Gasteiger partial charge < -0.3 is 4.74 Å². The van der Waals surface area contributed by atoms with Crippen LogP contribution in [0.2, 0.25) is 0 Å². The maximum Gasteiger partial charge on any atom is 0.102 e. The Morgan fingerprint density at radius 3 is 1.90 bits per heavy atom. The van der Waals surface area contributed by atoms with E-state index in [0.29, 0.717) is 12.7 Å². The molecule has 0 aromatic heterocycles. The molecule has 232 valence electrons. The van der Waals surface area contributed by atoms with Crippen molar-refractivity contribution >= 4 is 90.4 Å². The molecule has 1 atom stereocenters. The van der Waals surface area contributed by atoms with E-state index in [0.717, 1.165) is 67.2 Å². The van der Waals surface area contributed by atoms with Gasteiger partial charge in [-0.3, -0.25) is 4.90 Å². The summed E-state index contributed by atoms with van der Waals surface area (Å²) < 4.78 is 27.1. The molecule has 0 radical (unpaired) electrons. The van der Waals surface area contributed by atoms with Crippen LogP contribution in [0.1, 0.15) is 36.1 Å². The molecule has 1 aliphatic rings. The third-order valence-electron chi connectivity index (χ3n) is 6.48. The second kappa shape index (κ2) is 25.5. The number of hydrogen-bond donors (Lipinski definition) is 2. The zero-order chi connectivity index (χ0) is 32.5. The lowest BCUT2D eigenvalue weighted by Crippen LogP contribution is -2.37. The van der Waals surface area contributed by atoms with Crippen molar-refractivity contribution in [3.63, 3.8) is 0 Å². The van der Waals surface area contributed by atoms with Gasteiger partial charge in [-0.25, -0.2) is 0 Å². The van der Waals surface area contributed by atoms with Gasteiger partial charge in [-0.1, -0.05) is 126 Å². The summed E-state index contributed by atoms with van der Waals surface area (Å²) in [6.07, 6.45) is 2.07. The second-order valence-corrected chi connectivity index (χ2v) is 14.5. The predicted molar refractivity (Wildman–Crippen MR) is 208 cm³/mol. The fourth-order valence-corrected chi connectivity index (χ4v) is 8.29. The van der Waals surface area contributed by atoms with E-state index in [1.807, 2.05) is 39.8 Å². The molecule has 1 saturated heterocycles. The maximum atomic E-state index is 7.41. The molecule has 0 saturated carbocycles. The summed E-state index contributed by atoms with van der Waals surface area (Å²) in [6, 6.07) is 25.1. The third-order valence-corrected chi connectivity index (χ3v) is 10.9. The summed E-state index contributed by atoms with van der Waals surface area (Å²) in [5.74, 6) is 3.98. The van der Waals surface area contributed by atoms with Crippen molar-refractivity contribution in [2.75, 3.05) is 56.3 Å². The monoisotopic (exact) mass is 795 g/mol. The first-order valence-electron chi connectivity index (χ1n) is 15.6. The summed E-state index contributed by atoms with van der Waals surface area (Å²) in [7, 11) is 3.91. The number of thiol groups is 2. The van der Waals surface area contributed by atoms with Gasteiger partial charge >= 0.3 is 0 Å². The summed E-state index contributed by atoms with van der Waals surface area (Å²) in [4.78, 5) is 2.48. The van der Waals surface area contributed by atoms with Gasteiger partial charge in [0.15, 0.2) is 0 Å². The number of rotatable bonds is 15. The van der Waals surface area contributed by atoms with Gasteiger partial charge in [0.1, 0.15) is 1.12 Å². The smallest absolute Gasteiger partial charge is 0.102 e. The SMILES string of the molecule is BrCc1ccccc1CBr.[3H]CSCc1ccccc1CC([3H])S.[3H]SCCc1ccccc1CSSCCN1CCOCC1. The number of nitrogens with zero attached hydrogens (tertiary/aromatic N) is 1. The Kier molecular flexibility index (Phi) is 20.4. The topological polar surface area (TPSA) is 12.5 Å². The quantitative estimate of drug-likeness (QED) is 0.0686. The number of ether oxygens (including phenoxy) is 1. The molecule has 0 bridgehead atoms. The largest absolute Gasteiger partial charge is 0.379 e. The molecule has 0 amide bonds. The molecule has 2 nitrogen and oxygen atoms in total. The molecule has 9 heteroatoms. The van der Waals surface area contributed by atoms with Crippen molar-refractivity contribution in [2.24, 2.45) is 0 Å². The highest BCUT2D eigenvalue weighted by atomic mass is 79.9. The average Bonchev–Trinajstić information content (AvgIpc) is 3.08. The highest BCUT2D eigenvalue weighted by molar-refractivity contribution is 9.09. The molecule has 0 aliphatic carbocycles. The van der Waals surface area contributed by atoms with E-state index in [-0.39, 0.29) is 5.73 Å². The fraction of sp³-hybridized carbons (Fsp3) is 0.455.